The van der Waals surface area contributed by atoms with Crippen LogP contribution >= 0.6 is 0 Å². The van der Waals surface area contributed by atoms with Crippen LogP contribution in [0.25, 0.3) is 0 Å². The standard InChI is InChI=1S/C8H13NO/c1-5(7-3-4-7)6(2)8(9)10/h7H,3-4H2,1-2H3,(H2,9,10)/b6-5-. The van der Waals surface area contributed by atoms with Crippen LogP contribution in [0.5, 0.6) is 0 Å². The fourth-order valence-corrected chi connectivity index (χ4v) is 1.02. The molecule has 0 aromatic rings. The van der Waals surface area contributed by atoms with Gasteiger partial charge in [-0.3, -0.25) is 4.79 Å². The van der Waals surface area contributed by atoms with Gasteiger partial charge in [0.1, 0.15) is 0 Å². The molecule has 1 rings (SSSR count). The normalized spacial score (nSPS) is 20.2. The fourth-order valence-electron chi connectivity index (χ4n) is 1.02. The summed E-state index contributed by atoms with van der Waals surface area (Å²) >= 11 is 0. The third kappa shape index (κ3) is 1.38. The minimum atomic E-state index is -0.274. The van der Waals surface area contributed by atoms with Crippen molar-refractivity contribution >= 4 is 5.91 Å². The molecule has 56 valence electrons. The van der Waals surface area contributed by atoms with Gasteiger partial charge in [0, 0.05) is 5.57 Å². The van der Waals surface area contributed by atoms with Crippen LogP contribution in [0, 0.1) is 5.92 Å². The summed E-state index contributed by atoms with van der Waals surface area (Å²) in [4.78, 5) is 10.6. The Kier molecular flexibility index (Phi) is 1.79. The van der Waals surface area contributed by atoms with E-state index in [0.717, 1.165) is 5.57 Å². The van der Waals surface area contributed by atoms with E-state index in [4.69, 9.17) is 5.73 Å². The second-order valence-corrected chi connectivity index (χ2v) is 2.95. The van der Waals surface area contributed by atoms with Crippen molar-refractivity contribution in [3.8, 4) is 0 Å². The Bertz CT molecular complexity index is 189. The van der Waals surface area contributed by atoms with Gasteiger partial charge in [-0.2, -0.15) is 0 Å². The van der Waals surface area contributed by atoms with Crippen molar-refractivity contribution in [1.29, 1.82) is 0 Å². The van der Waals surface area contributed by atoms with E-state index in [-0.39, 0.29) is 5.91 Å². The number of carbonyl (C=O) groups excluding carboxylic acids is 1. The van der Waals surface area contributed by atoms with E-state index in [1.54, 1.807) is 6.92 Å². The molecule has 10 heavy (non-hydrogen) atoms. The average molecular weight is 139 g/mol. The molecule has 0 saturated heterocycles. The maximum Gasteiger partial charge on any atom is 0.244 e. The van der Waals surface area contributed by atoms with Gasteiger partial charge in [0.15, 0.2) is 0 Å². The quantitative estimate of drug-likeness (QED) is 0.574. The summed E-state index contributed by atoms with van der Waals surface area (Å²) in [5, 5.41) is 0. The van der Waals surface area contributed by atoms with Crippen molar-refractivity contribution in [1.82, 2.24) is 0 Å². The number of primary amides is 1. The van der Waals surface area contributed by atoms with Gasteiger partial charge < -0.3 is 5.73 Å². The van der Waals surface area contributed by atoms with Gasteiger partial charge in [-0.15, -0.1) is 0 Å². The molecular formula is C8H13NO. The van der Waals surface area contributed by atoms with Crippen molar-refractivity contribution in [3.63, 3.8) is 0 Å². The molecule has 0 spiro atoms. The van der Waals surface area contributed by atoms with E-state index in [1.807, 2.05) is 6.92 Å². The highest BCUT2D eigenvalue weighted by Gasteiger charge is 2.25. The summed E-state index contributed by atoms with van der Waals surface area (Å²) in [5.74, 6) is 0.386. The lowest BCUT2D eigenvalue weighted by Gasteiger charge is -2.00. The smallest absolute Gasteiger partial charge is 0.244 e. The van der Waals surface area contributed by atoms with Crippen molar-refractivity contribution in [3.05, 3.63) is 11.1 Å². The summed E-state index contributed by atoms with van der Waals surface area (Å²) in [7, 11) is 0. The predicted octanol–water partition coefficient (Wildman–Crippen LogP) is 1.22. The number of hydrogen-bond donors (Lipinski definition) is 1. The highest BCUT2D eigenvalue weighted by Crippen LogP contribution is 2.37. The van der Waals surface area contributed by atoms with Crippen molar-refractivity contribution in [2.45, 2.75) is 26.7 Å². The zero-order valence-corrected chi connectivity index (χ0v) is 6.48. The molecule has 2 nitrogen and oxygen atoms in total. The maximum absolute atomic E-state index is 10.6. The monoisotopic (exact) mass is 139 g/mol. The zero-order chi connectivity index (χ0) is 7.72. The van der Waals surface area contributed by atoms with Crippen LogP contribution in [0.1, 0.15) is 26.7 Å². The second kappa shape index (κ2) is 2.45. The van der Waals surface area contributed by atoms with Crippen molar-refractivity contribution < 1.29 is 4.79 Å². The molecule has 0 unspecified atom stereocenters. The molecule has 0 radical (unpaired) electrons. The Balaban J connectivity index is 2.71. The van der Waals surface area contributed by atoms with Crippen molar-refractivity contribution in [2.75, 3.05) is 0 Å². The molecule has 1 saturated carbocycles. The highest BCUT2D eigenvalue weighted by atomic mass is 16.1. The first kappa shape index (κ1) is 7.32. The van der Waals surface area contributed by atoms with Gasteiger partial charge >= 0.3 is 0 Å². The number of rotatable bonds is 2. The largest absolute Gasteiger partial charge is 0.366 e. The first-order valence-corrected chi connectivity index (χ1v) is 3.60. The molecule has 1 fully saturated rings. The van der Waals surface area contributed by atoms with E-state index in [2.05, 4.69) is 0 Å². The topological polar surface area (TPSA) is 43.1 Å². The van der Waals surface area contributed by atoms with Crippen LogP contribution in [-0.2, 0) is 4.79 Å². The van der Waals surface area contributed by atoms with Gasteiger partial charge in [-0.05, 0) is 32.6 Å². The highest BCUT2D eigenvalue weighted by molar-refractivity contribution is 5.92. The Hall–Kier alpha value is -0.790. The lowest BCUT2D eigenvalue weighted by atomic mass is 10.1. The summed E-state index contributed by atoms with van der Waals surface area (Å²) in [6.45, 7) is 3.80. The number of amides is 1. The predicted molar refractivity (Wildman–Crippen MR) is 40.3 cm³/mol. The van der Waals surface area contributed by atoms with Gasteiger partial charge in [-0.1, -0.05) is 5.57 Å². The third-order valence-electron chi connectivity index (χ3n) is 2.15. The maximum atomic E-state index is 10.6. The molecule has 0 aromatic carbocycles. The first-order chi connectivity index (χ1) is 4.63. The number of hydrogen-bond acceptors (Lipinski definition) is 1. The molecule has 0 aliphatic heterocycles. The Labute approximate surface area is 61.1 Å². The van der Waals surface area contributed by atoms with Gasteiger partial charge in [0.05, 0.1) is 0 Å². The van der Waals surface area contributed by atoms with Gasteiger partial charge in [-0.25, -0.2) is 0 Å². The summed E-state index contributed by atoms with van der Waals surface area (Å²) < 4.78 is 0. The van der Waals surface area contributed by atoms with Crippen LogP contribution in [0.2, 0.25) is 0 Å². The van der Waals surface area contributed by atoms with Crippen LogP contribution in [-0.4, -0.2) is 5.91 Å². The minimum Gasteiger partial charge on any atom is -0.366 e. The van der Waals surface area contributed by atoms with Crippen LogP contribution < -0.4 is 5.73 Å². The van der Waals surface area contributed by atoms with E-state index in [0.29, 0.717) is 5.92 Å². The van der Waals surface area contributed by atoms with Crippen LogP contribution in [0.4, 0.5) is 0 Å². The molecule has 0 heterocycles. The van der Waals surface area contributed by atoms with Crippen LogP contribution in [0.15, 0.2) is 11.1 Å². The molecule has 1 aliphatic carbocycles. The minimum absolute atomic E-state index is 0.274. The van der Waals surface area contributed by atoms with Crippen molar-refractivity contribution in [2.24, 2.45) is 11.7 Å². The second-order valence-electron chi connectivity index (χ2n) is 2.95. The fraction of sp³-hybridized carbons (Fsp3) is 0.625. The molecule has 1 aliphatic rings. The average Bonchev–Trinajstić information content (AvgIpc) is 2.65. The summed E-state index contributed by atoms with van der Waals surface area (Å²) in [6, 6.07) is 0. The summed E-state index contributed by atoms with van der Waals surface area (Å²) in [6.07, 6.45) is 2.47. The summed E-state index contributed by atoms with van der Waals surface area (Å²) in [5.41, 5.74) is 7.05. The van der Waals surface area contributed by atoms with E-state index in [1.165, 1.54) is 18.4 Å². The first-order valence-electron chi connectivity index (χ1n) is 3.60. The molecule has 2 N–H and O–H groups in total. The van der Waals surface area contributed by atoms with E-state index in [9.17, 15) is 4.79 Å². The molecule has 1 amide bonds. The van der Waals surface area contributed by atoms with Gasteiger partial charge in [0.25, 0.3) is 0 Å². The number of nitrogens with two attached hydrogens (primary N) is 1. The lowest BCUT2D eigenvalue weighted by molar-refractivity contribution is -0.114. The van der Waals surface area contributed by atoms with E-state index >= 15 is 0 Å². The molecule has 0 bridgehead atoms. The molecular weight excluding hydrogens is 126 g/mol. The Morgan fingerprint density at radius 2 is 1.90 bits per heavy atom. The molecule has 2 heteroatoms. The Morgan fingerprint density at radius 3 is 2.20 bits per heavy atom. The molecule has 0 aromatic heterocycles. The number of allylic oxidation sites excluding steroid dienone is 1. The van der Waals surface area contributed by atoms with E-state index < -0.39 is 0 Å². The number of carbonyl (C=O) groups is 1. The zero-order valence-electron chi connectivity index (χ0n) is 6.48. The third-order valence-corrected chi connectivity index (χ3v) is 2.15. The SMILES string of the molecule is C/C(C(N)=O)=C(\C)C1CC1. The van der Waals surface area contributed by atoms with Crippen LogP contribution in [0.3, 0.4) is 0 Å². The molecule has 0 atom stereocenters. The lowest BCUT2D eigenvalue weighted by Crippen LogP contribution is -2.13. The Morgan fingerprint density at radius 1 is 1.40 bits per heavy atom. The van der Waals surface area contributed by atoms with Gasteiger partial charge in [0.2, 0.25) is 5.91 Å².